The molecule has 2 amide bonds. The number of halogens is 3. The average Bonchev–Trinajstić information content (AvgIpc) is 3.33. The number of aryl methyl sites for hydroxylation is 1. The maximum absolute atomic E-state index is 13.0. The first-order chi connectivity index (χ1) is 12.4. The molecule has 1 aromatic rings. The molecule has 0 radical (unpaired) electrons. The molecule has 1 heterocycles. The topological polar surface area (TPSA) is 52.6 Å². The predicted molar refractivity (Wildman–Crippen MR) is 89.6 cm³/mol. The van der Waals surface area contributed by atoms with E-state index in [0.717, 1.165) is 12.8 Å². The van der Waals surface area contributed by atoms with Crippen LogP contribution in [0.15, 0.2) is 24.3 Å². The Morgan fingerprint density at radius 2 is 2.04 bits per heavy atom. The highest BCUT2D eigenvalue weighted by Crippen LogP contribution is 2.54. The van der Waals surface area contributed by atoms with Crippen molar-refractivity contribution in [3.8, 4) is 0 Å². The molecule has 142 valence electrons. The van der Waals surface area contributed by atoms with Crippen molar-refractivity contribution in [2.24, 2.45) is 17.8 Å². The van der Waals surface area contributed by atoms with E-state index in [4.69, 9.17) is 0 Å². The van der Waals surface area contributed by atoms with Gasteiger partial charge in [-0.05, 0) is 36.3 Å². The van der Waals surface area contributed by atoms with Gasteiger partial charge in [-0.2, -0.15) is 13.2 Å². The van der Waals surface area contributed by atoms with Crippen LogP contribution in [0.4, 0.5) is 18.0 Å². The van der Waals surface area contributed by atoms with Gasteiger partial charge in [-0.3, -0.25) is 0 Å². The summed E-state index contributed by atoms with van der Waals surface area (Å²) in [5, 5.41) is 12.4. The zero-order chi connectivity index (χ0) is 18.5. The molecule has 5 unspecified atom stereocenters. The van der Waals surface area contributed by atoms with E-state index in [1.807, 2.05) is 12.1 Å². The molecule has 4 nitrogen and oxygen atoms in total. The smallest absolute Gasteiger partial charge is 0.392 e. The molecule has 1 saturated heterocycles. The molecule has 1 aliphatic heterocycles. The molecular formula is C19H23F3N2O2. The monoisotopic (exact) mass is 368 g/mol. The van der Waals surface area contributed by atoms with E-state index in [-0.39, 0.29) is 31.6 Å². The van der Waals surface area contributed by atoms with Gasteiger partial charge in [0.15, 0.2) is 0 Å². The summed E-state index contributed by atoms with van der Waals surface area (Å²) < 4.78 is 39.1. The number of benzene rings is 1. The largest absolute Gasteiger partial charge is 0.396 e. The van der Waals surface area contributed by atoms with Crippen LogP contribution in [0.5, 0.6) is 0 Å². The molecule has 1 saturated carbocycles. The van der Waals surface area contributed by atoms with Crippen LogP contribution in [0.1, 0.15) is 29.9 Å². The number of likely N-dealkylation sites (tertiary alicyclic amines) is 1. The Morgan fingerprint density at radius 1 is 1.27 bits per heavy atom. The second-order valence-electron chi connectivity index (χ2n) is 7.73. The molecule has 5 atom stereocenters. The summed E-state index contributed by atoms with van der Waals surface area (Å²) in [6.07, 6.45) is -2.44. The lowest BCUT2D eigenvalue weighted by Gasteiger charge is -2.38. The summed E-state index contributed by atoms with van der Waals surface area (Å²) in [5.41, 5.74) is 2.62. The highest BCUT2D eigenvalue weighted by atomic mass is 19.4. The van der Waals surface area contributed by atoms with Gasteiger partial charge >= 0.3 is 12.2 Å². The summed E-state index contributed by atoms with van der Waals surface area (Å²) in [7, 11) is 0. The SMILES string of the molecule is O=C(NC1C2CCc3ccccc3C21)N1CCC(C(F)(F)F)C(CO)C1. The minimum atomic E-state index is -4.33. The molecule has 2 N–H and O–H groups in total. The van der Waals surface area contributed by atoms with Gasteiger partial charge in [0.2, 0.25) is 0 Å². The van der Waals surface area contributed by atoms with E-state index in [2.05, 4.69) is 17.4 Å². The minimum absolute atomic E-state index is 0.0504. The molecule has 4 rings (SSSR count). The highest BCUT2D eigenvalue weighted by molar-refractivity contribution is 5.75. The Morgan fingerprint density at radius 3 is 2.77 bits per heavy atom. The highest BCUT2D eigenvalue weighted by Gasteiger charge is 2.54. The number of carbonyl (C=O) groups excluding carboxylic acids is 1. The normalized spacial score (nSPS) is 33.2. The standard InChI is InChI=1S/C19H23F3N2O2/c20-19(21,22)15-7-8-24(9-12(15)10-25)18(26)23-17-14-6-5-11-3-1-2-4-13(11)16(14)17/h1-4,12,14-17,25H,5-10H2,(H,23,26). The molecule has 3 aliphatic rings. The average molecular weight is 368 g/mol. The lowest BCUT2D eigenvalue weighted by molar-refractivity contribution is -0.202. The minimum Gasteiger partial charge on any atom is -0.396 e. The summed E-state index contributed by atoms with van der Waals surface area (Å²) in [6.45, 7) is -0.535. The van der Waals surface area contributed by atoms with Crippen molar-refractivity contribution in [1.82, 2.24) is 10.2 Å². The third-order valence-electron chi connectivity index (χ3n) is 6.30. The molecule has 2 fully saturated rings. The number of amides is 2. The summed E-state index contributed by atoms with van der Waals surface area (Å²) >= 11 is 0. The summed E-state index contributed by atoms with van der Waals surface area (Å²) in [6, 6.07) is 8.02. The maximum Gasteiger partial charge on any atom is 0.392 e. The van der Waals surface area contributed by atoms with Crippen molar-refractivity contribution in [2.75, 3.05) is 19.7 Å². The summed E-state index contributed by atoms with van der Waals surface area (Å²) in [5.74, 6) is -1.73. The van der Waals surface area contributed by atoms with Crippen LogP contribution in [0.25, 0.3) is 0 Å². The van der Waals surface area contributed by atoms with Crippen LogP contribution >= 0.6 is 0 Å². The first-order valence-electron chi connectivity index (χ1n) is 9.21. The van der Waals surface area contributed by atoms with Crippen molar-refractivity contribution < 1.29 is 23.1 Å². The summed E-state index contributed by atoms with van der Waals surface area (Å²) in [4.78, 5) is 14.0. The number of fused-ring (bicyclic) bond motifs is 3. The Kier molecular flexibility index (Phi) is 4.37. The van der Waals surface area contributed by atoms with Crippen molar-refractivity contribution in [3.05, 3.63) is 35.4 Å². The van der Waals surface area contributed by atoms with Crippen molar-refractivity contribution in [3.63, 3.8) is 0 Å². The number of hydrogen-bond donors (Lipinski definition) is 2. The van der Waals surface area contributed by atoms with Gasteiger partial charge in [0, 0.05) is 37.6 Å². The first kappa shape index (κ1) is 17.6. The van der Waals surface area contributed by atoms with Crippen LogP contribution in [0, 0.1) is 17.8 Å². The van der Waals surface area contributed by atoms with Gasteiger partial charge in [-0.15, -0.1) is 0 Å². The number of nitrogens with zero attached hydrogens (tertiary/aromatic N) is 1. The van der Waals surface area contributed by atoms with Crippen LogP contribution in [-0.4, -0.2) is 48.0 Å². The molecule has 2 aliphatic carbocycles. The molecule has 7 heteroatoms. The van der Waals surface area contributed by atoms with Gasteiger partial charge in [-0.1, -0.05) is 24.3 Å². The number of nitrogens with one attached hydrogen (secondary N) is 1. The van der Waals surface area contributed by atoms with E-state index in [0.29, 0.717) is 11.8 Å². The fraction of sp³-hybridized carbons (Fsp3) is 0.632. The molecule has 0 aromatic heterocycles. The van der Waals surface area contributed by atoms with Gasteiger partial charge in [-0.25, -0.2) is 4.79 Å². The molecule has 1 aromatic carbocycles. The van der Waals surface area contributed by atoms with E-state index >= 15 is 0 Å². The van der Waals surface area contributed by atoms with Crippen LogP contribution < -0.4 is 5.32 Å². The Balaban J connectivity index is 1.38. The van der Waals surface area contributed by atoms with E-state index in [1.165, 1.54) is 16.0 Å². The number of piperidine rings is 1. The second kappa shape index (κ2) is 6.44. The zero-order valence-corrected chi connectivity index (χ0v) is 14.4. The fourth-order valence-corrected chi connectivity index (χ4v) is 4.83. The third-order valence-corrected chi connectivity index (χ3v) is 6.30. The Bertz CT molecular complexity index is 694. The number of hydrogen-bond acceptors (Lipinski definition) is 2. The predicted octanol–water partition coefficient (Wildman–Crippen LogP) is 2.92. The third kappa shape index (κ3) is 3.06. The van der Waals surface area contributed by atoms with Crippen molar-refractivity contribution in [1.29, 1.82) is 0 Å². The maximum atomic E-state index is 13.0. The van der Waals surface area contributed by atoms with E-state index < -0.39 is 24.6 Å². The number of aliphatic hydroxyl groups is 1. The van der Waals surface area contributed by atoms with Crippen molar-refractivity contribution >= 4 is 6.03 Å². The Labute approximate surface area is 150 Å². The van der Waals surface area contributed by atoms with E-state index in [9.17, 15) is 23.1 Å². The van der Waals surface area contributed by atoms with Gasteiger partial charge in [0.1, 0.15) is 0 Å². The number of alkyl halides is 3. The number of carbonyl (C=O) groups is 1. The quantitative estimate of drug-likeness (QED) is 0.843. The van der Waals surface area contributed by atoms with Crippen molar-refractivity contribution in [2.45, 2.75) is 37.4 Å². The van der Waals surface area contributed by atoms with Gasteiger partial charge < -0.3 is 15.3 Å². The number of urea groups is 1. The first-order valence-corrected chi connectivity index (χ1v) is 9.21. The zero-order valence-electron chi connectivity index (χ0n) is 14.4. The van der Waals surface area contributed by atoms with Crippen LogP contribution in [-0.2, 0) is 6.42 Å². The molecule has 0 spiro atoms. The second-order valence-corrected chi connectivity index (χ2v) is 7.73. The van der Waals surface area contributed by atoms with Gasteiger partial charge in [0.05, 0.1) is 5.92 Å². The lowest BCUT2D eigenvalue weighted by Crippen LogP contribution is -2.52. The van der Waals surface area contributed by atoms with Crippen LogP contribution in [0.2, 0.25) is 0 Å². The van der Waals surface area contributed by atoms with E-state index in [1.54, 1.807) is 0 Å². The molecule has 26 heavy (non-hydrogen) atoms. The molecular weight excluding hydrogens is 345 g/mol. The lowest BCUT2D eigenvalue weighted by atomic mass is 9.85. The van der Waals surface area contributed by atoms with Crippen LogP contribution in [0.3, 0.4) is 0 Å². The number of aliphatic hydroxyl groups excluding tert-OH is 1. The number of rotatable bonds is 2. The molecule has 0 bridgehead atoms. The fourth-order valence-electron chi connectivity index (χ4n) is 4.83. The Hall–Kier alpha value is -1.76. The van der Waals surface area contributed by atoms with Gasteiger partial charge in [0.25, 0.3) is 0 Å².